The SMILES string of the molecule is Cc1cc(NC(CC2=CCCC=C2)C(=O)O)ncn1. The molecule has 2 rings (SSSR count). The third-order valence-electron chi connectivity index (χ3n) is 2.94. The normalized spacial score (nSPS) is 15.7. The van der Waals surface area contributed by atoms with Crippen LogP contribution < -0.4 is 5.32 Å². The fourth-order valence-corrected chi connectivity index (χ4v) is 1.97. The molecule has 19 heavy (non-hydrogen) atoms. The fourth-order valence-electron chi connectivity index (χ4n) is 1.97. The van der Waals surface area contributed by atoms with E-state index in [2.05, 4.69) is 27.4 Å². The van der Waals surface area contributed by atoms with E-state index >= 15 is 0 Å². The van der Waals surface area contributed by atoms with Crippen LogP contribution in [0.5, 0.6) is 0 Å². The lowest BCUT2D eigenvalue weighted by atomic mass is 10.00. The van der Waals surface area contributed by atoms with Gasteiger partial charge in [0.25, 0.3) is 0 Å². The molecule has 1 heterocycles. The van der Waals surface area contributed by atoms with Crippen molar-refractivity contribution >= 4 is 11.8 Å². The molecule has 1 unspecified atom stereocenters. The number of carboxylic acid groups (broad SMARTS) is 1. The highest BCUT2D eigenvalue weighted by Gasteiger charge is 2.19. The fraction of sp³-hybridized carbons (Fsp3) is 0.357. The molecule has 1 atom stereocenters. The molecule has 5 nitrogen and oxygen atoms in total. The van der Waals surface area contributed by atoms with Gasteiger partial charge in [-0.15, -0.1) is 0 Å². The van der Waals surface area contributed by atoms with Gasteiger partial charge in [-0.1, -0.05) is 18.2 Å². The lowest BCUT2D eigenvalue weighted by Crippen LogP contribution is -2.30. The van der Waals surface area contributed by atoms with Crippen LogP contribution in [0, 0.1) is 6.92 Å². The van der Waals surface area contributed by atoms with Gasteiger partial charge in [0.2, 0.25) is 0 Å². The number of carbonyl (C=O) groups is 1. The molecule has 0 saturated heterocycles. The van der Waals surface area contributed by atoms with Crippen molar-refractivity contribution in [1.29, 1.82) is 0 Å². The zero-order chi connectivity index (χ0) is 13.7. The molecule has 0 aliphatic heterocycles. The summed E-state index contributed by atoms with van der Waals surface area (Å²) in [4.78, 5) is 19.3. The van der Waals surface area contributed by atoms with Crippen LogP contribution in [0.2, 0.25) is 0 Å². The summed E-state index contributed by atoms with van der Waals surface area (Å²) >= 11 is 0. The van der Waals surface area contributed by atoms with Gasteiger partial charge in [-0.05, 0) is 25.3 Å². The Bertz CT molecular complexity index is 523. The first kappa shape index (κ1) is 13.3. The lowest BCUT2D eigenvalue weighted by molar-refractivity contribution is -0.137. The molecule has 0 radical (unpaired) electrons. The molecule has 2 N–H and O–H groups in total. The first-order valence-corrected chi connectivity index (χ1v) is 6.29. The van der Waals surface area contributed by atoms with E-state index in [1.807, 2.05) is 13.0 Å². The minimum Gasteiger partial charge on any atom is -0.480 e. The number of anilines is 1. The quantitative estimate of drug-likeness (QED) is 0.848. The van der Waals surface area contributed by atoms with Crippen LogP contribution >= 0.6 is 0 Å². The van der Waals surface area contributed by atoms with Gasteiger partial charge in [0.1, 0.15) is 18.2 Å². The first-order valence-electron chi connectivity index (χ1n) is 6.29. The van der Waals surface area contributed by atoms with E-state index in [1.54, 1.807) is 6.07 Å². The van der Waals surface area contributed by atoms with Crippen molar-refractivity contribution in [1.82, 2.24) is 9.97 Å². The van der Waals surface area contributed by atoms with Crippen LogP contribution in [0.15, 0.2) is 36.2 Å². The van der Waals surface area contributed by atoms with Gasteiger partial charge in [-0.25, -0.2) is 14.8 Å². The summed E-state index contributed by atoms with van der Waals surface area (Å²) in [5, 5.41) is 12.2. The van der Waals surface area contributed by atoms with E-state index in [-0.39, 0.29) is 0 Å². The second-order valence-electron chi connectivity index (χ2n) is 4.54. The Morgan fingerprint density at radius 3 is 2.95 bits per heavy atom. The Hall–Kier alpha value is -2.17. The average Bonchev–Trinajstić information content (AvgIpc) is 2.39. The third-order valence-corrected chi connectivity index (χ3v) is 2.94. The summed E-state index contributed by atoms with van der Waals surface area (Å²) in [5.41, 5.74) is 1.86. The topological polar surface area (TPSA) is 75.1 Å². The lowest BCUT2D eigenvalue weighted by Gasteiger charge is -2.16. The highest BCUT2D eigenvalue weighted by molar-refractivity contribution is 5.77. The second-order valence-corrected chi connectivity index (χ2v) is 4.54. The number of hydrogen-bond acceptors (Lipinski definition) is 4. The number of hydrogen-bond donors (Lipinski definition) is 2. The summed E-state index contributed by atoms with van der Waals surface area (Å²) in [6, 6.07) is 1.06. The Labute approximate surface area is 112 Å². The van der Waals surface area contributed by atoms with Crippen molar-refractivity contribution in [3.05, 3.63) is 41.9 Å². The molecule has 0 fully saturated rings. The Balaban J connectivity index is 2.06. The largest absolute Gasteiger partial charge is 0.480 e. The first-order chi connectivity index (χ1) is 9.15. The molecular formula is C14H17N3O2. The van der Waals surface area contributed by atoms with Gasteiger partial charge >= 0.3 is 5.97 Å². The molecule has 5 heteroatoms. The van der Waals surface area contributed by atoms with E-state index in [1.165, 1.54) is 6.33 Å². The van der Waals surface area contributed by atoms with Crippen molar-refractivity contribution in [2.45, 2.75) is 32.2 Å². The molecule has 0 aromatic carbocycles. The molecule has 0 amide bonds. The van der Waals surface area contributed by atoms with Crippen LogP contribution in [0.3, 0.4) is 0 Å². The van der Waals surface area contributed by atoms with Gasteiger partial charge < -0.3 is 10.4 Å². The van der Waals surface area contributed by atoms with Gasteiger partial charge in [-0.2, -0.15) is 0 Å². The van der Waals surface area contributed by atoms with Crippen molar-refractivity contribution in [3.63, 3.8) is 0 Å². The second kappa shape index (κ2) is 6.13. The average molecular weight is 259 g/mol. The minimum atomic E-state index is -0.879. The van der Waals surface area contributed by atoms with E-state index < -0.39 is 12.0 Å². The highest BCUT2D eigenvalue weighted by Crippen LogP contribution is 2.17. The zero-order valence-electron chi connectivity index (χ0n) is 10.8. The van der Waals surface area contributed by atoms with E-state index in [4.69, 9.17) is 0 Å². The minimum absolute atomic E-state index is 0.453. The molecule has 0 saturated carbocycles. The number of nitrogens with one attached hydrogen (secondary N) is 1. The van der Waals surface area contributed by atoms with E-state index in [0.717, 1.165) is 24.1 Å². The maximum absolute atomic E-state index is 11.3. The van der Waals surface area contributed by atoms with Crippen molar-refractivity contribution in [2.24, 2.45) is 0 Å². The van der Waals surface area contributed by atoms with Gasteiger partial charge in [0.15, 0.2) is 0 Å². The van der Waals surface area contributed by atoms with Crippen LogP contribution in [-0.4, -0.2) is 27.1 Å². The van der Waals surface area contributed by atoms with Gasteiger partial charge in [0, 0.05) is 18.2 Å². The molecule has 100 valence electrons. The molecular weight excluding hydrogens is 242 g/mol. The molecule has 1 aliphatic carbocycles. The molecule has 1 aliphatic rings. The summed E-state index contributed by atoms with van der Waals surface area (Å²) in [7, 11) is 0. The molecule has 1 aromatic rings. The zero-order valence-corrected chi connectivity index (χ0v) is 10.8. The predicted octanol–water partition coefficient (Wildman–Crippen LogP) is 2.32. The van der Waals surface area contributed by atoms with Crippen LogP contribution in [0.1, 0.15) is 25.0 Å². The van der Waals surface area contributed by atoms with Crippen molar-refractivity contribution < 1.29 is 9.90 Å². The summed E-state index contributed by atoms with van der Waals surface area (Å²) < 4.78 is 0. The van der Waals surface area contributed by atoms with E-state index in [0.29, 0.717) is 12.2 Å². The maximum atomic E-state index is 11.3. The molecule has 1 aromatic heterocycles. The smallest absolute Gasteiger partial charge is 0.326 e. The maximum Gasteiger partial charge on any atom is 0.326 e. The number of aryl methyl sites for hydroxylation is 1. The Morgan fingerprint density at radius 1 is 1.47 bits per heavy atom. The van der Waals surface area contributed by atoms with Crippen LogP contribution in [0.4, 0.5) is 5.82 Å². The summed E-state index contributed by atoms with van der Waals surface area (Å²) in [5.74, 6) is -0.337. The molecule has 0 bridgehead atoms. The number of aromatic nitrogens is 2. The monoisotopic (exact) mass is 259 g/mol. The number of aliphatic carboxylic acids is 1. The number of rotatable bonds is 5. The summed E-state index contributed by atoms with van der Waals surface area (Å²) in [6.45, 7) is 1.84. The van der Waals surface area contributed by atoms with Crippen molar-refractivity contribution in [2.75, 3.05) is 5.32 Å². The van der Waals surface area contributed by atoms with Gasteiger partial charge in [0.05, 0.1) is 0 Å². The molecule has 0 spiro atoms. The van der Waals surface area contributed by atoms with Crippen LogP contribution in [-0.2, 0) is 4.79 Å². The Morgan fingerprint density at radius 2 is 2.32 bits per heavy atom. The number of allylic oxidation sites excluding steroid dienone is 3. The Kier molecular flexibility index (Phi) is 4.28. The predicted molar refractivity (Wildman–Crippen MR) is 72.9 cm³/mol. The highest BCUT2D eigenvalue weighted by atomic mass is 16.4. The number of carboxylic acids is 1. The standard InChI is InChI=1S/C14H17N3O2/c1-10-7-13(16-9-15-10)17-12(14(18)19)8-11-5-3-2-4-6-11/h3,5-7,9,12H,2,4,8H2,1H3,(H,18,19)(H,15,16,17). The van der Waals surface area contributed by atoms with Gasteiger partial charge in [-0.3, -0.25) is 0 Å². The number of nitrogens with zero attached hydrogens (tertiary/aromatic N) is 2. The summed E-state index contributed by atoms with van der Waals surface area (Å²) in [6.07, 6.45) is 10.0. The van der Waals surface area contributed by atoms with E-state index in [9.17, 15) is 9.90 Å². The van der Waals surface area contributed by atoms with Crippen LogP contribution in [0.25, 0.3) is 0 Å². The van der Waals surface area contributed by atoms with Crippen molar-refractivity contribution in [3.8, 4) is 0 Å². The third kappa shape index (κ3) is 3.91.